The lowest BCUT2D eigenvalue weighted by molar-refractivity contribution is -0.140. The summed E-state index contributed by atoms with van der Waals surface area (Å²) in [4.78, 5) is 19.8. The molecule has 0 aromatic carbocycles. The summed E-state index contributed by atoms with van der Waals surface area (Å²) in [6.45, 7) is 0.353. The fraction of sp³-hybridized carbons (Fsp3) is 0.750. The first-order valence-corrected chi connectivity index (χ1v) is 4.54. The number of aliphatic hydroxyl groups excluding tert-OH is 1. The molecule has 15 heavy (non-hydrogen) atoms. The van der Waals surface area contributed by atoms with E-state index in [1.165, 1.54) is 0 Å². The van der Waals surface area contributed by atoms with E-state index in [1.807, 2.05) is 0 Å². The Morgan fingerprint density at radius 1 is 1.47 bits per heavy atom. The Morgan fingerprint density at radius 3 is 2.20 bits per heavy atom. The van der Waals surface area contributed by atoms with Crippen molar-refractivity contribution >= 4 is 11.9 Å². The van der Waals surface area contributed by atoms with Crippen molar-refractivity contribution in [3.05, 3.63) is 0 Å². The second-order valence-corrected chi connectivity index (χ2v) is 3.11. The Kier molecular flexibility index (Phi) is 6.59. The van der Waals surface area contributed by atoms with Crippen molar-refractivity contribution in [1.29, 1.82) is 0 Å². The van der Waals surface area contributed by atoms with Crippen molar-refractivity contribution in [1.82, 2.24) is 5.32 Å². The Hall–Kier alpha value is -1.18. The fourth-order valence-electron chi connectivity index (χ4n) is 0.973. The molecule has 7 heteroatoms. The van der Waals surface area contributed by atoms with Gasteiger partial charge in [-0.25, -0.2) is 0 Å². The molecule has 1 aliphatic rings. The molecule has 1 unspecified atom stereocenters. The van der Waals surface area contributed by atoms with Gasteiger partial charge in [-0.1, -0.05) is 0 Å². The molecule has 0 spiro atoms. The van der Waals surface area contributed by atoms with E-state index in [2.05, 4.69) is 5.32 Å². The van der Waals surface area contributed by atoms with Crippen LogP contribution in [0.3, 0.4) is 0 Å². The van der Waals surface area contributed by atoms with Gasteiger partial charge in [-0.2, -0.15) is 0 Å². The maximum Gasteiger partial charge on any atom is 0.322 e. The normalized spacial score (nSPS) is 21.3. The van der Waals surface area contributed by atoms with Gasteiger partial charge in [0, 0.05) is 0 Å². The SMILES string of the molecule is N[C@@H](CO)C(=O)O.O=C(O)C1CCCN1. The van der Waals surface area contributed by atoms with E-state index in [0.29, 0.717) is 0 Å². The van der Waals surface area contributed by atoms with Gasteiger partial charge in [0.1, 0.15) is 12.1 Å². The molecule has 0 amide bonds. The molecular formula is C8H16N2O5. The second-order valence-electron chi connectivity index (χ2n) is 3.11. The average Bonchev–Trinajstić information content (AvgIpc) is 2.70. The van der Waals surface area contributed by atoms with E-state index in [0.717, 1.165) is 19.4 Å². The van der Waals surface area contributed by atoms with Crippen LogP contribution in [-0.2, 0) is 9.59 Å². The van der Waals surface area contributed by atoms with Crippen LogP contribution in [0.15, 0.2) is 0 Å². The summed E-state index contributed by atoms with van der Waals surface area (Å²) in [5.41, 5.74) is 4.77. The van der Waals surface area contributed by atoms with Crippen LogP contribution in [-0.4, -0.2) is 52.5 Å². The highest BCUT2D eigenvalue weighted by Gasteiger charge is 2.20. The van der Waals surface area contributed by atoms with Crippen LogP contribution >= 0.6 is 0 Å². The summed E-state index contributed by atoms with van der Waals surface area (Å²) < 4.78 is 0. The Balaban J connectivity index is 0.000000265. The molecule has 1 rings (SSSR count). The molecule has 88 valence electrons. The highest BCUT2D eigenvalue weighted by Crippen LogP contribution is 2.03. The minimum Gasteiger partial charge on any atom is -0.480 e. The van der Waals surface area contributed by atoms with Gasteiger partial charge in [-0.3, -0.25) is 9.59 Å². The molecule has 0 aromatic rings. The molecule has 1 fully saturated rings. The first-order valence-electron chi connectivity index (χ1n) is 4.54. The van der Waals surface area contributed by atoms with Crippen LogP contribution in [0, 0.1) is 0 Å². The standard InChI is InChI=1S/C5H9NO2.C3H7NO3/c7-5(8)4-2-1-3-6-4;4-2(1-5)3(6)7/h4,6H,1-3H2,(H,7,8);2,5H,1,4H2,(H,6,7)/t;2-/m.0/s1. The summed E-state index contributed by atoms with van der Waals surface area (Å²) in [5, 5.41) is 27.1. The van der Waals surface area contributed by atoms with Crippen LogP contribution in [0.25, 0.3) is 0 Å². The van der Waals surface area contributed by atoms with Gasteiger partial charge in [-0.05, 0) is 19.4 Å². The van der Waals surface area contributed by atoms with Gasteiger partial charge in [0.2, 0.25) is 0 Å². The predicted molar refractivity (Wildman–Crippen MR) is 51.4 cm³/mol. The third-order valence-corrected chi connectivity index (χ3v) is 1.87. The Labute approximate surface area is 86.9 Å². The summed E-state index contributed by atoms with van der Waals surface area (Å²) in [7, 11) is 0. The van der Waals surface area contributed by atoms with Crippen molar-refractivity contribution in [3.63, 3.8) is 0 Å². The number of hydrogen-bond acceptors (Lipinski definition) is 5. The van der Waals surface area contributed by atoms with E-state index < -0.39 is 24.6 Å². The molecule has 0 bridgehead atoms. The quantitative estimate of drug-likeness (QED) is 0.379. The highest BCUT2D eigenvalue weighted by molar-refractivity contribution is 5.73. The van der Waals surface area contributed by atoms with Crippen molar-refractivity contribution in [3.8, 4) is 0 Å². The van der Waals surface area contributed by atoms with E-state index in [1.54, 1.807) is 0 Å². The Bertz CT molecular complexity index is 215. The van der Waals surface area contributed by atoms with E-state index in [4.69, 9.17) is 21.1 Å². The molecule has 7 nitrogen and oxygen atoms in total. The Morgan fingerprint density at radius 2 is 2.07 bits per heavy atom. The van der Waals surface area contributed by atoms with Gasteiger partial charge in [0.15, 0.2) is 0 Å². The third-order valence-electron chi connectivity index (χ3n) is 1.87. The lowest BCUT2D eigenvalue weighted by Gasteiger charge is -1.99. The number of carboxylic acids is 2. The van der Waals surface area contributed by atoms with Gasteiger partial charge in [0.25, 0.3) is 0 Å². The maximum absolute atomic E-state index is 10.1. The van der Waals surface area contributed by atoms with Gasteiger partial charge < -0.3 is 26.4 Å². The molecule has 2 atom stereocenters. The molecule has 0 saturated carbocycles. The minimum absolute atomic E-state index is 0.269. The molecular weight excluding hydrogens is 204 g/mol. The molecule has 1 saturated heterocycles. The largest absolute Gasteiger partial charge is 0.480 e. The number of rotatable bonds is 3. The fourth-order valence-corrected chi connectivity index (χ4v) is 0.973. The minimum atomic E-state index is -1.18. The first-order chi connectivity index (χ1) is 6.99. The molecule has 1 aliphatic heterocycles. The molecule has 6 N–H and O–H groups in total. The van der Waals surface area contributed by atoms with Crippen LogP contribution in [0.5, 0.6) is 0 Å². The second kappa shape index (κ2) is 7.16. The zero-order valence-corrected chi connectivity index (χ0v) is 8.22. The van der Waals surface area contributed by atoms with E-state index in [9.17, 15) is 9.59 Å². The zero-order valence-electron chi connectivity index (χ0n) is 8.22. The smallest absolute Gasteiger partial charge is 0.322 e. The van der Waals surface area contributed by atoms with Crippen LogP contribution in [0.2, 0.25) is 0 Å². The van der Waals surface area contributed by atoms with Gasteiger partial charge in [-0.15, -0.1) is 0 Å². The summed E-state index contributed by atoms with van der Waals surface area (Å²) >= 11 is 0. The summed E-state index contributed by atoms with van der Waals surface area (Å²) in [6, 6.07) is -1.39. The molecule has 0 radical (unpaired) electrons. The van der Waals surface area contributed by atoms with E-state index >= 15 is 0 Å². The number of hydrogen-bond donors (Lipinski definition) is 5. The number of carbonyl (C=O) groups is 2. The van der Waals surface area contributed by atoms with Crippen molar-refractivity contribution < 1.29 is 24.9 Å². The summed E-state index contributed by atoms with van der Waals surface area (Å²) in [5.74, 6) is -1.90. The van der Waals surface area contributed by atoms with Crippen LogP contribution in [0.4, 0.5) is 0 Å². The maximum atomic E-state index is 10.1. The third kappa shape index (κ3) is 6.00. The number of carboxylic acid groups (broad SMARTS) is 2. The topological polar surface area (TPSA) is 133 Å². The lowest BCUT2D eigenvalue weighted by atomic mass is 10.2. The monoisotopic (exact) mass is 220 g/mol. The van der Waals surface area contributed by atoms with Gasteiger partial charge >= 0.3 is 11.9 Å². The number of nitrogens with two attached hydrogens (primary N) is 1. The number of aliphatic hydroxyl groups is 1. The number of aliphatic carboxylic acids is 2. The first kappa shape index (κ1) is 13.8. The van der Waals surface area contributed by atoms with Crippen molar-refractivity contribution in [2.45, 2.75) is 24.9 Å². The zero-order chi connectivity index (χ0) is 11.8. The molecule has 0 aromatic heterocycles. The predicted octanol–water partition coefficient (Wildman–Crippen LogP) is -1.79. The molecule has 0 aliphatic carbocycles. The number of nitrogens with one attached hydrogen (secondary N) is 1. The molecule has 1 heterocycles. The summed E-state index contributed by atoms with van der Waals surface area (Å²) in [6.07, 6.45) is 1.78. The van der Waals surface area contributed by atoms with Crippen molar-refractivity contribution in [2.24, 2.45) is 5.73 Å². The van der Waals surface area contributed by atoms with Gasteiger partial charge in [0.05, 0.1) is 6.61 Å². The lowest BCUT2D eigenvalue weighted by Crippen LogP contribution is -2.33. The van der Waals surface area contributed by atoms with Crippen LogP contribution < -0.4 is 11.1 Å². The highest BCUT2D eigenvalue weighted by atomic mass is 16.4. The van der Waals surface area contributed by atoms with Crippen LogP contribution in [0.1, 0.15) is 12.8 Å². The van der Waals surface area contributed by atoms with Crippen molar-refractivity contribution in [2.75, 3.05) is 13.2 Å². The average molecular weight is 220 g/mol. The van der Waals surface area contributed by atoms with E-state index in [-0.39, 0.29) is 6.04 Å².